The molecule has 178 valence electrons. The molecule has 1 aliphatic carbocycles. The van der Waals surface area contributed by atoms with Crippen molar-refractivity contribution in [3.63, 3.8) is 0 Å². The molecule has 2 N–H and O–H groups in total. The smallest absolute Gasteiger partial charge is 0.344 e. The van der Waals surface area contributed by atoms with Gasteiger partial charge in [-0.15, -0.1) is 0 Å². The van der Waals surface area contributed by atoms with Gasteiger partial charge < -0.3 is 14.8 Å². The number of hydrazine groups is 1. The molecule has 1 spiro atoms. The van der Waals surface area contributed by atoms with Crippen molar-refractivity contribution < 1.29 is 28.7 Å². The third-order valence-corrected chi connectivity index (χ3v) is 6.21. The Morgan fingerprint density at radius 3 is 2.44 bits per heavy atom. The van der Waals surface area contributed by atoms with E-state index in [2.05, 4.69) is 17.7 Å². The standard InChI is InChI=1S/C25H27N3O6/c1-17-11-13-25(14-12-17)23(31)28(24(32)26-25)27-21(29)15-34-22(30)16-33-20-10-6-5-9-19(20)18-7-3-2-4-8-18/h2-10,17H,11-16H2,1H3,(H,26,32)(H,27,29). The number of hydrogen-bond acceptors (Lipinski definition) is 6. The molecule has 1 heterocycles. The topological polar surface area (TPSA) is 114 Å². The van der Waals surface area contributed by atoms with Crippen LogP contribution in [-0.2, 0) is 19.1 Å². The van der Waals surface area contributed by atoms with Crippen LogP contribution in [0.25, 0.3) is 11.1 Å². The summed E-state index contributed by atoms with van der Waals surface area (Å²) in [7, 11) is 0. The van der Waals surface area contributed by atoms with Crippen LogP contribution in [0, 0.1) is 5.92 Å². The van der Waals surface area contributed by atoms with Crippen molar-refractivity contribution in [1.29, 1.82) is 0 Å². The molecule has 0 atom stereocenters. The van der Waals surface area contributed by atoms with Gasteiger partial charge in [0.15, 0.2) is 13.2 Å². The Morgan fingerprint density at radius 1 is 1.03 bits per heavy atom. The average molecular weight is 466 g/mol. The van der Waals surface area contributed by atoms with E-state index in [-0.39, 0.29) is 0 Å². The van der Waals surface area contributed by atoms with Gasteiger partial charge in [-0.1, -0.05) is 55.5 Å². The number of ether oxygens (including phenoxy) is 2. The van der Waals surface area contributed by atoms with Crippen LogP contribution >= 0.6 is 0 Å². The van der Waals surface area contributed by atoms with Crippen LogP contribution in [0.2, 0.25) is 0 Å². The summed E-state index contributed by atoms with van der Waals surface area (Å²) in [6, 6.07) is 16.2. The summed E-state index contributed by atoms with van der Waals surface area (Å²) in [5, 5.41) is 3.39. The summed E-state index contributed by atoms with van der Waals surface area (Å²) in [6.45, 7) is 1.05. The maximum Gasteiger partial charge on any atom is 0.344 e. The molecule has 1 aliphatic heterocycles. The lowest BCUT2D eigenvalue weighted by Gasteiger charge is -2.33. The molecule has 0 aromatic heterocycles. The highest BCUT2D eigenvalue weighted by Gasteiger charge is 2.52. The fourth-order valence-electron chi connectivity index (χ4n) is 4.25. The molecule has 9 heteroatoms. The second-order valence-corrected chi connectivity index (χ2v) is 8.68. The molecule has 0 radical (unpaired) electrons. The maximum absolute atomic E-state index is 12.8. The minimum absolute atomic E-state index is 0.401. The Balaban J connectivity index is 1.26. The average Bonchev–Trinajstić information content (AvgIpc) is 3.08. The van der Waals surface area contributed by atoms with Gasteiger partial charge >= 0.3 is 12.0 Å². The zero-order chi connectivity index (χ0) is 24.1. The van der Waals surface area contributed by atoms with Crippen molar-refractivity contribution in [3.8, 4) is 16.9 Å². The molecule has 1 saturated heterocycles. The van der Waals surface area contributed by atoms with Gasteiger partial charge in [-0.3, -0.25) is 15.0 Å². The molecule has 4 rings (SSSR count). The number of imide groups is 1. The van der Waals surface area contributed by atoms with Crippen molar-refractivity contribution in [2.45, 2.75) is 38.1 Å². The number of rotatable bonds is 7. The molecule has 2 aromatic rings. The van der Waals surface area contributed by atoms with Gasteiger partial charge in [-0.2, -0.15) is 5.01 Å². The summed E-state index contributed by atoms with van der Waals surface area (Å²) in [6.07, 6.45) is 2.70. The molecular formula is C25H27N3O6. The Hall–Kier alpha value is -3.88. The molecular weight excluding hydrogens is 438 g/mol. The van der Waals surface area contributed by atoms with E-state index in [9.17, 15) is 19.2 Å². The molecule has 1 saturated carbocycles. The van der Waals surface area contributed by atoms with Crippen LogP contribution in [0.3, 0.4) is 0 Å². The number of carbonyl (C=O) groups excluding carboxylic acids is 4. The first-order valence-corrected chi connectivity index (χ1v) is 11.3. The number of carbonyl (C=O) groups is 4. The number of benzene rings is 2. The third-order valence-electron chi connectivity index (χ3n) is 6.21. The number of urea groups is 1. The summed E-state index contributed by atoms with van der Waals surface area (Å²) in [5.41, 5.74) is 3.02. The van der Waals surface area contributed by atoms with E-state index in [0.29, 0.717) is 29.5 Å². The van der Waals surface area contributed by atoms with Crippen LogP contribution in [0.15, 0.2) is 54.6 Å². The second-order valence-electron chi connectivity index (χ2n) is 8.68. The minimum Gasteiger partial charge on any atom is -0.481 e. The monoisotopic (exact) mass is 465 g/mol. The van der Waals surface area contributed by atoms with Gasteiger partial charge in [-0.05, 0) is 43.2 Å². The lowest BCUT2D eigenvalue weighted by atomic mass is 9.77. The number of hydrogen-bond donors (Lipinski definition) is 2. The molecule has 0 bridgehead atoms. The number of esters is 1. The maximum atomic E-state index is 12.8. The number of nitrogens with one attached hydrogen (secondary N) is 2. The molecule has 2 fully saturated rings. The van der Waals surface area contributed by atoms with Crippen molar-refractivity contribution in [1.82, 2.24) is 15.8 Å². The highest BCUT2D eigenvalue weighted by molar-refractivity contribution is 6.08. The Kier molecular flexibility index (Phi) is 6.81. The van der Waals surface area contributed by atoms with E-state index >= 15 is 0 Å². The van der Waals surface area contributed by atoms with E-state index in [1.807, 2.05) is 42.5 Å². The molecule has 4 amide bonds. The van der Waals surface area contributed by atoms with Crippen LogP contribution < -0.4 is 15.5 Å². The predicted molar refractivity (Wildman–Crippen MR) is 122 cm³/mol. The lowest BCUT2D eigenvalue weighted by molar-refractivity contribution is -0.152. The summed E-state index contributed by atoms with van der Waals surface area (Å²) < 4.78 is 10.6. The van der Waals surface area contributed by atoms with E-state index in [4.69, 9.17) is 9.47 Å². The van der Waals surface area contributed by atoms with Gasteiger partial charge in [0, 0.05) is 5.56 Å². The molecule has 0 unspecified atom stereocenters. The van der Waals surface area contributed by atoms with E-state index in [0.717, 1.165) is 24.0 Å². The lowest BCUT2D eigenvalue weighted by Crippen LogP contribution is -2.52. The zero-order valence-electron chi connectivity index (χ0n) is 18.9. The van der Waals surface area contributed by atoms with Gasteiger partial charge in [-0.25, -0.2) is 9.59 Å². The SMILES string of the molecule is CC1CCC2(CC1)NC(=O)N(NC(=O)COC(=O)COc1ccccc1-c1ccccc1)C2=O. The molecule has 9 nitrogen and oxygen atoms in total. The normalized spacial score (nSPS) is 21.8. The zero-order valence-corrected chi connectivity index (χ0v) is 18.9. The fraction of sp³-hybridized carbons (Fsp3) is 0.360. The van der Waals surface area contributed by atoms with E-state index in [1.54, 1.807) is 12.1 Å². The van der Waals surface area contributed by atoms with Gasteiger partial charge in [0.05, 0.1) is 0 Å². The largest absolute Gasteiger partial charge is 0.481 e. The van der Waals surface area contributed by atoms with Gasteiger partial charge in [0.1, 0.15) is 11.3 Å². The first kappa shape index (κ1) is 23.3. The number of nitrogens with zero attached hydrogens (tertiary/aromatic N) is 1. The van der Waals surface area contributed by atoms with E-state index < -0.39 is 42.6 Å². The molecule has 2 aliphatic rings. The number of para-hydroxylation sites is 1. The summed E-state index contributed by atoms with van der Waals surface area (Å²) in [4.78, 5) is 49.4. The second kappa shape index (κ2) is 9.94. The minimum atomic E-state index is -0.965. The first-order chi connectivity index (χ1) is 16.4. The van der Waals surface area contributed by atoms with Crippen molar-refractivity contribution in [3.05, 3.63) is 54.6 Å². The highest BCUT2D eigenvalue weighted by atomic mass is 16.6. The Bertz CT molecular complexity index is 1080. The van der Waals surface area contributed by atoms with Crippen LogP contribution in [0.4, 0.5) is 4.79 Å². The summed E-state index contributed by atoms with van der Waals surface area (Å²) in [5.74, 6) is -1.04. The van der Waals surface area contributed by atoms with Crippen LogP contribution in [0.5, 0.6) is 5.75 Å². The van der Waals surface area contributed by atoms with Gasteiger partial charge in [0.2, 0.25) is 0 Å². The highest BCUT2D eigenvalue weighted by Crippen LogP contribution is 2.35. The quantitative estimate of drug-likeness (QED) is 0.480. The van der Waals surface area contributed by atoms with Crippen molar-refractivity contribution >= 4 is 23.8 Å². The van der Waals surface area contributed by atoms with Crippen molar-refractivity contribution in [2.24, 2.45) is 5.92 Å². The molecule has 34 heavy (non-hydrogen) atoms. The third kappa shape index (κ3) is 5.03. The Morgan fingerprint density at radius 2 is 1.71 bits per heavy atom. The Labute approximate surface area is 197 Å². The first-order valence-electron chi connectivity index (χ1n) is 11.3. The van der Waals surface area contributed by atoms with Crippen molar-refractivity contribution in [2.75, 3.05) is 13.2 Å². The van der Waals surface area contributed by atoms with Gasteiger partial charge in [0.25, 0.3) is 11.8 Å². The molecule has 2 aromatic carbocycles. The number of amides is 4. The fourth-order valence-corrected chi connectivity index (χ4v) is 4.25. The predicted octanol–water partition coefficient (Wildman–Crippen LogP) is 2.81. The van der Waals surface area contributed by atoms with Crippen LogP contribution in [0.1, 0.15) is 32.6 Å². The van der Waals surface area contributed by atoms with Crippen LogP contribution in [-0.4, -0.2) is 47.6 Å². The van der Waals surface area contributed by atoms with E-state index in [1.165, 1.54) is 0 Å². The summed E-state index contributed by atoms with van der Waals surface area (Å²) >= 11 is 0.